The SMILES string of the molecule is N#C[C@@H]1CCCN1C(=O)CN1CC[C@H](NC(=O)c2coc3c(F)cc(F)cc23)C1. The number of fused-ring (bicyclic) bond motifs is 1. The van der Waals surface area contributed by atoms with E-state index < -0.39 is 17.5 Å². The fourth-order valence-corrected chi connectivity index (χ4v) is 4.08. The van der Waals surface area contributed by atoms with Crippen LogP contribution in [0.5, 0.6) is 0 Å². The Bertz CT molecular complexity index is 1000. The van der Waals surface area contributed by atoms with Crippen molar-refractivity contribution in [2.75, 3.05) is 26.2 Å². The van der Waals surface area contributed by atoms with Gasteiger partial charge in [-0.3, -0.25) is 14.5 Å². The molecule has 1 aromatic heterocycles. The van der Waals surface area contributed by atoms with Gasteiger partial charge in [0.05, 0.1) is 18.2 Å². The van der Waals surface area contributed by atoms with Gasteiger partial charge >= 0.3 is 0 Å². The Balaban J connectivity index is 1.36. The molecular formula is C20H20F2N4O3. The normalized spacial score (nSPS) is 22.2. The molecule has 2 aromatic rings. The summed E-state index contributed by atoms with van der Waals surface area (Å²) in [7, 11) is 0. The van der Waals surface area contributed by atoms with Gasteiger partial charge in [-0.2, -0.15) is 5.26 Å². The number of benzene rings is 1. The summed E-state index contributed by atoms with van der Waals surface area (Å²) in [6.07, 6.45) is 3.32. The van der Waals surface area contributed by atoms with Gasteiger partial charge in [-0.15, -0.1) is 0 Å². The molecule has 0 saturated carbocycles. The van der Waals surface area contributed by atoms with E-state index in [9.17, 15) is 18.4 Å². The third kappa shape index (κ3) is 3.80. The van der Waals surface area contributed by atoms with E-state index in [1.165, 1.54) is 0 Å². The van der Waals surface area contributed by atoms with E-state index in [2.05, 4.69) is 11.4 Å². The van der Waals surface area contributed by atoms with Gasteiger partial charge in [0.1, 0.15) is 18.1 Å². The number of nitrogens with zero attached hydrogens (tertiary/aromatic N) is 3. The largest absolute Gasteiger partial charge is 0.460 e. The number of likely N-dealkylation sites (tertiary alicyclic amines) is 2. The zero-order valence-corrected chi connectivity index (χ0v) is 15.7. The molecule has 2 aliphatic rings. The number of nitrogens with one attached hydrogen (secondary N) is 1. The molecule has 0 bridgehead atoms. The minimum absolute atomic E-state index is 0.0712. The number of hydrogen-bond acceptors (Lipinski definition) is 5. The predicted molar refractivity (Wildman–Crippen MR) is 98.8 cm³/mol. The first kappa shape index (κ1) is 19.3. The van der Waals surface area contributed by atoms with E-state index in [4.69, 9.17) is 9.68 Å². The number of hydrogen-bond donors (Lipinski definition) is 1. The van der Waals surface area contributed by atoms with E-state index in [-0.39, 0.29) is 41.1 Å². The van der Waals surface area contributed by atoms with Crippen LogP contribution in [0.2, 0.25) is 0 Å². The number of nitriles is 1. The average molecular weight is 402 g/mol. The van der Waals surface area contributed by atoms with Crippen LogP contribution in [0.4, 0.5) is 8.78 Å². The number of carbonyl (C=O) groups is 2. The smallest absolute Gasteiger partial charge is 0.255 e. The van der Waals surface area contributed by atoms with Crippen molar-refractivity contribution >= 4 is 22.8 Å². The summed E-state index contributed by atoms with van der Waals surface area (Å²) in [5.41, 5.74) is -0.0882. The van der Waals surface area contributed by atoms with E-state index in [1.807, 2.05) is 4.90 Å². The van der Waals surface area contributed by atoms with E-state index in [1.54, 1.807) is 4.90 Å². The number of carbonyl (C=O) groups excluding carboxylic acids is 2. The van der Waals surface area contributed by atoms with Crippen LogP contribution < -0.4 is 5.32 Å². The Morgan fingerprint density at radius 2 is 2.10 bits per heavy atom. The Morgan fingerprint density at radius 3 is 2.90 bits per heavy atom. The molecule has 7 nitrogen and oxygen atoms in total. The molecule has 0 spiro atoms. The Hall–Kier alpha value is -2.99. The summed E-state index contributed by atoms with van der Waals surface area (Å²) in [4.78, 5) is 28.6. The summed E-state index contributed by atoms with van der Waals surface area (Å²) in [5, 5.41) is 12.1. The van der Waals surface area contributed by atoms with Crippen LogP contribution >= 0.6 is 0 Å². The predicted octanol–water partition coefficient (Wildman–Crippen LogP) is 2.03. The Morgan fingerprint density at radius 1 is 1.28 bits per heavy atom. The fraction of sp³-hybridized carbons (Fsp3) is 0.450. The fourth-order valence-electron chi connectivity index (χ4n) is 4.08. The average Bonchev–Trinajstić information content (AvgIpc) is 3.40. The summed E-state index contributed by atoms with van der Waals surface area (Å²) in [5.74, 6) is -2.19. The maximum absolute atomic E-state index is 13.8. The van der Waals surface area contributed by atoms with Gasteiger partial charge in [-0.05, 0) is 25.3 Å². The highest BCUT2D eigenvalue weighted by Crippen LogP contribution is 2.25. The number of furan rings is 1. The third-order valence-corrected chi connectivity index (χ3v) is 5.53. The van der Waals surface area contributed by atoms with Gasteiger partial charge in [0.15, 0.2) is 11.4 Å². The third-order valence-electron chi connectivity index (χ3n) is 5.53. The van der Waals surface area contributed by atoms with Crippen molar-refractivity contribution in [3.63, 3.8) is 0 Å². The molecule has 152 valence electrons. The van der Waals surface area contributed by atoms with Crippen LogP contribution in [-0.2, 0) is 4.79 Å². The van der Waals surface area contributed by atoms with Gasteiger partial charge in [0.25, 0.3) is 5.91 Å². The van der Waals surface area contributed by atoms with Crippen LogP contribution in [0, 0.1) is 23.0 Å². The van der Waals surface area contributed by atoms with Crippen LogP contribution in [0.3, 0.4) is 0 Å². The van der Waals surface area contributed by atoms with Crippen LogP contribution in [0.1, 0.15) is 29.6 Å². The summed E-state index contributed by atoms with van der Waals surface area (Å²) >= 11 is 0. The Kier molecular flexibility index (Phi) is 5.20. The maximum atomic E-state index is 13.8. The minimum Gasteiger partial charge on any atom is -0.460 e. The number of rotatable bonds is 4. The van der Waals surface area contributed by atoms with Crippen molar-refractivity contribution in [3.8, 4) is 6.07 Å². The second kappa shape index (κ2) is 7.79. The quantitative estimate of drug-likeness (QED) is 0.845. The summed E-state index contributed by atoms with van der Waals surface area (Å²) in [6, 6.07) is 3.39. The molecule has 1 aromatic carbocycles. The molecule has 29 heavy (non-hydrogen) atoms. The molecule has 0 radical (unpaired) electrons. The van der Waals surface area contributed by atoms with Crippen LogP contribution in [0.15, 0.2) is 22.8 Å². The zero-order valence-electron chi connectivity index (χ0n) is 15.7. The molecule has 2 aliphatic heterocycles. The minimum atomic E-state index is -0.859. The molecular weight excluding hydrogens is 382 g/mol. The van der Waals surface area contributed by atoms with Crippen molar-refractivity contribution in [1.82, 2.24) is 15.1 Å². The first-order valence-corrected chi connectivity index (χ1v) is 9.55. The number of halogens is 2. The molecule has 1 N–H and O–H groups in total. The van der Waals surface area contributed by atoms with E-state index in [0.717, 1.165) is 18.8 Å². The Labute approximate surface area is 165 Å². The highest BCUT2D eigenvalue weighted by Gasteiger charge is 2.32. The summed E-state index contributed by atoms with van der Waals surface area (Å²) < 4.78 is 32.3. The van der Waals surface area contributed by atoms with Gasteiger partial charge < -0.3 is 14.6 Å². The lowest BCUT2D eigenvalue weighted by atomic mass is 10.1. The standard InChI is InChI=1S/C20H20F2N4O3/c21-12-6-15-16(11-29-19(15)17(22)7-12)20(28)24-13-3-5-25(9-13)10-18(27)26-4-1-2-14(26)8-23/h6-7,11,13-14H,1-5,9-10H2,(H,24,28)/t13-,14-/m0/s1. The highest BCUT2D eigenvalue weighted by molar-refractivity contribution is 6.06. The molecule has 0 aliphatic carbocycles. The molecule has 2 amide bonds. The van der Waals surface area contributed by atoms with Crippen molar-refractivity contribution in [2.24, 2.45) is 0 Å². The first-order chi connectivity index (χ1) is 14.0. The van der Waals surface area contributed by atoms with Gasteiger partial charge in [0.2, 0.25) is 5.91 Å². The lowest BCUT2D eigenvalue weighted by Crippen LogP contribution is -2.43. The molecule has 9 heteroatoms. The van der Waals surface area contributed by atoms with Crippen molar-refractivity contribution in [2.45, 2.75) is 31.3 Å². The molecule has 2 fully saturated rings. The highest BCUT2D eigenvalue weighted by atomic mass is 19.1. The molecule has 2 saturated heterocycles. The van der Waals surface area contributed by atoms with E-state index in [0.29, 0.717) is 38.5 Å². The van der Waals surface area contributed by atoms with Gasteiger partial charge in [-0.1, -0.05) is 0 Å². The monoisotopic (exact) mass is 402 g/mol. The second-order valence-electron chi connectivity index (χ2n) is 7.48. The molecule has 3 heterocycles. The topological polar surface area (TPSA) is 89.6 Å². The van der Waals surface area contributed by atoms with Crippen LogP contribution in [-0.4, -0.2) is 59.9 Å². The lowest BCUT2D eigenvalue weighted by Gasteiger charge is -2.23. The van der Waals surface area contributed by atoms with Gasteiger partial charge in [0, 0.05) is 37.1 Å². The molecule has 4 rings (SSSR count). The van der Waals surface area contributed by atoms with Gasteiger partial charge in [-0.25, -0.2) is 8.78 Å². The second-order valence-corrected chi connectivity index (χ2v) is 7.48. The molecule has 0 unspecified atom stereocenters. The maximum Gasteiger partial charge on any atom is 0.255 e. The zero-order chi connectivity index (χ0) is 20.5. The van der Waals surface area contributed by atoms with Crippen molar-refractivity contribution in [1.29, 1.82) is 5.26 Å². The van der Waals surface area contributed by atoms with E-state index >= 15 is 0 Å². The summed E-state index contributed by atoms with van der Waals surface area (Å²) in [6.45, 7) is 1.93. The molecule has 2 atom stereocenters. The van der Waals surface area contributed by atoms with Crippen molar-refractivity contribution < 1.29 is 22.8 Å². The first-order valence-electron chi connectivity index (χ1n) is 9.55. The van der Waals surface area contributed by atoms with Crippen molar-refractivity contribution in [3.05, 3.63) is 35.6 Å². The number of amides is 2. The lowest BCUT2D eigenvalue weighted by molar-refractivity contribution is -0.132. The van der Waals surface area contributed by atoms with Crippen LogP contribution in [0.25, 0.3) is 11.0 Å².